The van der Waals surface area contributed by atoms with Gasteiger partial charge in [0, 0.05) is 10.8 Å². The highest BCUT2D eigenvalue weighted by Gasteiger charge is 2.30. The van der Waals surface area contributed by atoms with E-state index in [9.17, 15) is 20.4 Å². The first-order valence-corrected chi connectivity index (χ1v) is 13.4. The summed E-state index contributed by atoms with van der Waals surface area (Å²) >= 11 is 0. The van der Waals surface area contributed by atoms with E-state index in [0.717, 1.165) is 28.7 Å². The van der Waals surface area contributed by atoms with Crippen LogP contribution in [0.15, 0.2) is 84.9 Å². The lowest BCUT2D eigenvalue weighted by molar-refractivity contribution is 0.424. The Kier molecular flexibility index (Phi) is 9.01. The van der Waals surface area contributed by atoms with E-state index < -0.39 is 0 Å². The highest BCUT2D eigenvalue weighted by Crippen LogP contribution is 2.39. The molecular formula is C35H42O4. The molecule has 4 heteroatoms. The van der Waals surface area contributed by atoms with Gasteiger partial charge < -0.3 is 20.4 Å². The molecule has 0 unspecified atom stereocenters. The van der Waals surface area contributed by atoms with Crippen LogP contribution in [0.4, 0.5) is 0 Å². The average molecular weight is 527 g/mol. The Bertz CT molecular complexity index is 1280. The fraction of sp³-hybridized carbons (Fsp3) is 0.314. The lowest BCUT2D eigenvalue weighted by Crippen LogP contribution is -2.25. The number of aryl methyl sites for hydroxylation is 2. The molecule has 39 heavy (non-hydrogen) atoms. The standard InChI is InChI=1S/C18H22O2.C17H20O2/c1-13(2)12-18(3,14-4-8-16(19)9-5-14)15-6-10-17(20)11-7-15;1-11-9-13(5-7-15(11)18)17(3,4)14-6-8-16(19)12(2)10-14/h4-11,13,19-20H,12H2,1-3H3;5-10,18-19H,1-4H3. The summed E-state index contributed by atoms with van der Waals surface area (Å²) in [5.74, 6) is 1.75. The summed E-state index contributed by atoms with van der Waals surface area (Å²) < 4.78 is 0. The average Bonchev–Trinajstić information content (AvgIpc) is 2.88. The number of hydrogen-bond acceptors (Lipinski definition) is 4. The molecule has 0 spiro atoms. The third kappa shape index (κ3) is 6.94. The largest absolute Gasteiger partial charge is 0.508 e. The van der Waals surface area contributed by atoms with Crippen molar-refractivity contribution in [1.29, 1.82) is 0 Å². The molecule has 0 bridgehead atoms. The first-order chi connectivity index (χ1) is 18.2. The quantitative estimate of drug-likeness (QED) is 0.203. The van der Waals surface area contributed by atoms with Crippen molar-refractivity contribution in [2.24, 2.45) is 5.92 Å². The minimum Gasteiger partial charge on any atom is -0.508 e. The Morgan fingerprint density at radius 2 is 0.872 bits per heavy atom. The van der Waals surface area contributed by atoms with Crippen molar-refractivity contribution in [2.75, 3.05) is 0 Å². The highest BCUT2D eigenvalue weighted by molar-refractivity contribution is 5.46. The highest BCUT2D eigenvalue weighted by atomic mass is 16.3. The second kappa shape index (κ2) is 11.9. The van der Waals surface area contributed by atoms with Gasteiger partial charge in [0.05, 0.1) is 0 Å². The van der Waals surface area contributed by atoms with Crippen LogP contribution in [0.5, 0.6) is 23.0 Å². The zero-order valence-corrected chi connectivity index (χ0v) is 24.2. The molecule has 206 valence electrons. The fourth-order valence-corrected chi connectivity index (χ4v) is 5.13. The van der Waals surface area contributed by atoms with Crippen LogP contribution in [0.3, 0.4) is 0 Å². The molecule has 4 aromatic carbocycles. The summed E-state index contributed by atoms with van der Waals surface area (Å²) in [5.41, 5.74) is 6.10. The number of phenols is 4. The summed E-state index contributed by atoms with van der Waals surface area (Å²) in [5, 5.41) is 38.2. The molecule has 4 rings (SSSR count). The SMILES string of the molecule is CC(C)CC(C)(c1ccc(O)cc1)c1ccc(O)cc1.Cc1cc(C(C)(C)c2ccc(O)c(C)c2)ccc1O. The van der Waals surface area contributed by atoms with E-state index in [-0.39, 0.29) is 22.3 Å². The summed E-state index contributed by atoms with van der Waals surface area (Å²) in [7, 11) is 0. The molecule has 0 aliphatic heterocycles. The summed E-state index contributed by atoms with van der Waals surface area (Å²) in [6.45, 7) is 14.7. The molecule has 0 aromatic heterocycles. The predicted molar refractivity (Wildman–Crippen MR) is 160 cm³/mol. The second-order valence-corrected chi connectivity index (χ2v) is 11.7. The van der Waals surface area contributed by atoms with Crippen molar-refractivity contribution in [3.8, 4) is 23.0 Å². The number of hydrogen-bond donors (Lipinski definition) is 4. The molecular weight excluding hydrogens is 484 g/mol. The van der Waals surface area contributed by atoms with Crippen molar-refractivity contribution >= 4 is 0 Å². The van der Waals surface area contributed by atoms with Gasteiger partial charge in [0.15, 0.2) is 0 Å². The van der Waals surface area contributed by atoms with Gasteiger partial charge in [-0.2, -0.15) is 0 Å². The smallest absolute Gasteiger partial charge is 0.118 e. The Hall–Kier alpha value is -3.92. The molecule has 0 atom stereocenters. The second-order valence-electron chi connectivity index (χ2n) is 11.7. The predicted octanol–water partition coefficient (Wildman–Crippen LogP) is 8.49. The maximum atomic E-state index is 9.63. The van der Waals surface area contributed by atoms with Crippen molar-refractivity contribution in [3.63, 3.8) is 0 Å². The van der Waals surface area contributed by atoms with Gasteiger partial charge in [-0.15, -0.1) is 0 Å². The molecule has 0 radical (unpaired) electrons. The molecule has 0 fully saturated rings. The molecule has 0 saturated heterocycles. The van der Waals surface area contributed by atoms with Crippen molar-refractivity contribution in [2.45, 2.75) is 65.7 Å². The topological polar surface area (TPSA) is 80.9 Å². The zero-order valence-electron chi connectivity index (χ0n) is 24.2. The summed E-state index contributed by atoms with van der Waals surface area (Å²) in [6, 6.07) is 26.2. The monoisotopic (exact) mass is 526 g/mol. The van der Waals surface area contributed by atoms with Gasteiger partial charge in [-0.1, -0.05) is 83.1 Å². The normalized spacial score (nSPS) is 11.7. The van der Waals surface area contributed by atoms with Gasteiger partial charge in [-0.05, 0) is 96.0 Å². The molecule has 0 aliphatic carbocycles. The summed E-state index contributed by atoms with van der Waals surface area (Å²) in [4.78, 5) is 0. The molecule has 4 aromatic rings. The van der Waals surface area contributed by atoms with Crippen LogP contribution in [0.2, 0.25) is 0 Å². The van der Waals surface area contributed by atoms with Crippen LogP contribution in [0, 0.1) is 19.8 Å². The van der Waals surface area contributed by atoms with Gasteiger partial charge >= 0.3 is 0 Å². The van der Waals surface area contributed by atoms with Gasteiger partial charge in [0.2, 0.25) is 0 Å². The third-order valence-electron chi connectivity index (χ3n) is 7.66. The van der Waals surface area contributed by atoms with E-state index in [4.69, 9.17) is 0 Å². The Balaban J connectivity index is 0.000000216. The fourth-order valence-electron chi connectivity index (χ4n) is 5.13. The molecule has 0 amide bonds. The van der Waals surface area contributed by atoms with E-state index in [1.54, 1.807) is 36.4 Å². The number of phenolic OH excluding ortho intramolecular Hbond substituents is 4. The van der Waals surface area contributed by atoms with Crippen molar-refractivity contribution < 1.29 is 20.4 Å². The Morgan fingerprint density at radius 3 is 1.18 bits per heavy atom. The van der Waals surface area contributed by atoms with Crippen LogP contribution in [0.25, 0.3) is 0 Å². The third-order valence-corrected chi connectivity index (χ3v) is 7.66. The van der Waals surface area contributed by atoms with Crippen LogP contribution >= 0.6 is 0 Å². The van der Waals surface area contributed by atoms with E-state index in [1.807, 2.05) is 62.4 Å². The van der Waals surface area contributed by atoms with Crippen LogP contribution in [-0.4, -0.2) is 20.4 Å². The lowest BCUT2D eigenvalue weighted by Gasteiger charge is -2.33. The zero-order chi connectivity index (χ0) is 29.0. The van der Waals surface area contributed by atoms with Gasteiger partial charge in [0.1, 0.15) is 23.0 Å². The van der Waals surface area contributed by atoms with Crippen LogP contribution < -0.4 is 0 Å². The van der Waals surface area contributed by atoms with Gasteiger partial charge in [-0.25, -0.2) is 0 Å². The van der Waals surface area contributed by atoms with E-state index >= 15 is 0 Å². The Morgan fingerprint density at radius 1 is 0.538 bits per heavy atom. The van der Waals surface area contributed by atoms with E-state index in [0.29, 0.717) is 17.4 Å². The summed E-state index contributed by atoms with van der Waals surface area (Å²) in [6.07, 6.45) is 1.00. The minimum absolute atomic E-state index is 0.129. The molecule has 0 aliphatic rings. The molecule has 0 saturated carbocycles. The van der Waals surface area contributed by atoms with Gasteiger partial charge in [0.25, 0.3) is 0 Å². The molecule has 4 nitrogen and oxygen atoms in total. The lowest BCUT2D eigenvalue weighted by atomic mass is 9.71. The number of rotatable bonds is 6. The first-order valence-electron chi connectivity index (χ1n) is 13.4. The maximum absolute atomic E-state index is 9.63. The number of benzene rings is 4. The first kappa shape index (κ1) is 29.6. The van der Waals surface area contributed by atoms with E-state index in [2.05, 4.69) is 34.6 Å². The molecule has 0 heterocycles. The van der Waals surface area contributed by atoms with Gasteiger partial charge in [-0.3, -0.25) is 0 Å². The molecule has 4 N–H and O–H groups in total. The Labute approximate surface area is 233 Å². The maximum Gasteiger partial charge on any atom is 0.118 e. The van der Waals surface area contributed by atoms with Crippen LogP contribution in [0.1, 0.15) is 74.4 Å². The van der Waals surface area contributed by atoms with Crippen molar-refractivity contribution in [3.05, 3.63) is 118 Å². The minimum atomic E-state index is -0.170. The van der Waals surface area contributed by atoms with Crippen molar-refractivity contribution in [1.82, 2.24) is 0 Å². The van der Waals surface area contributed by atoms with Crippen LogP contribution in [-0.2, 0) is 10.8 Å². The van der Waals surface area contributed by atoms with E-state index in [1.165, 1.54) is 11.1 Å². The number of aromatic hydroxyl groups is 4.